The van der Waals surface area contributed by atoms with Gasteiger partial charge in [-0.25, -0.2) is 12.7 Å². The maximum atomic E-state index is 12.7. The summed E-state index contributed by atoms with van der Waals surface area (Å²) < 4.78 is 26.6. The molecule has 0 radical (unpaired) electrons. The van der Waals surface area contributed by atoms with Crippen molar-refractivity contribution >= 4 is 27.7 Å². The normalized spacial score (nSPS) is 18.8. The molecule has 1 saturated heterocycles. The molecule has 0 unspecified atom stereocenters. The van der Waals surface area contributed by atoms with E-state index in [9.17, 15) is 13.2 Å². The van der Waals surface area contributed by atoms with Gasteiger partial charge in [0.05, 0.1) is 4.90 Å². The zero-order valence-corrected chi connectivity index (χ0v) is 16.0. The Hall–Kier alpha value is -1.09. The van der Waals surface area contributed by atoms with Crippen molar-refractivity contribution in [3.63, 3.8) is 0 Å². The lowest BCUT2D eigenvalue weighted by atomic mass is 10.1. The number of nitrogens with one attached hydrogen (secondary N) is 1. The summed E-state index contributed by atoms with van der Waals surface area (Å²) in [7, 11) is -2.00. The van der Waals surface area contributed by atoms with Crippen LogP contribution in [-0.2, 0) is 10.0 Å². The predicted molar refractivity (Wildman–Crippen MR) is 98.0 cm³/mol. The van der Waals surface area contributed by atoms with Gasteiger partial charge in [-0.15, -0.1) is 0 Å². The van der Waals surface area contributed by atoms with Gasteiger partial charge in [-0.1, -0.05) is 6.07 Å². The van der Waals surface area contributed by atoms with E-state index in [-0.39, 0.29) is 16.8 Å². The Morgan fingerprint density at radius 1 is 1.46 bits per heavy atom. The molecule has 2 rings (SSSR count). The summed E-state index contributed by atoms with van der Waals surface area (Å²) in [5.74, 6) is 0.611. The van der Waals surface area contributed by atoms with E-state index >= 15 is 0 Å². The molecule has 6 nitrogen and oxygen atoms in total. The van der Waals surface area contributed by atoms with E-state index in [1.54, 1.807) is 41.9 Å². The van der Waals surface area contributed by atoms with Gasteiger partial charge in [0.15, 0.2) is 0 Å². The highest BCUT2D eigenvalue weighted by Gasteiger charge is 2.25. The minimum atomic E-state index is -3.57. The number of carbonyl (C=O) groups excluding carboxylic acids is 1. The van der Waals surface area contributed by atoms with Crippen LogP contribution in [0.2, 0.25) is 0 Å². The maximum Gasteiger partial charge on any atom is 0.253 e. The fourth-order valence-corrected chi connectivity index (χ4v) is 4.40. The molecule has 1 fully saturated rings. The molecule has 0 bridgehead atoms. The lowest BCUT2D eigenvalue weighted by Crippen LogP contribution is -2.51. The van der Waals surface area contributed by atoms with Crippen molar-refractivity contribution in [3.8, 4) is 0 Å². The van der Waals surface area contributed by atoms with Crippen molar-refractivity contribution in [2.75, 3.05) is 45.2 Å². The molecule has 0 aliphatic carbocycles. The highest BCUT2D eigenvalue weighted by molar-refractivity contribution is 7.98. The third-order valence-electron chi connectivity index (χ3n) is 4.06. The first-order chi connectivity index (χ1) is 11.4. The molecule has 8 heteroatoms. The minimum Gasteiger partial charge on any atom is -0.336 e. The van der Waals surface area contributed by atoms with Crippen LogP contribution in [0, 0.1) is 0 Å². The monoisotopic (exact) mass is 371 g/mol. The molecule has 1 N–H and O–H groups in total. The second-order valence-electron chi connectivity index (χ2n) is 5.95. The van der Waals surface area contributed by atoms with Crippen LogP contribution in [0.3, 0.4) is 0 Å². The van der Waals surface area contributed by atoms with Crippen molar-refractivity contribution in [3.05, 3.63) is 29.8 Å². The highest BCUT2D eigenvalue weighted by atomic mass is 32.2. The van der Waals surface area contributed by atoms with Crippen LogP contribution in [-0.4, -0.2) is 74.8 Å². The van der Waals surface area contributed by atoms with Crippen LogP contribution in [0.5, 0.6) is 0 Å². The van der Waals surface area contributed by atoms with E-state index in [2.05, 4.69) is 5.32 Å². The van der Waals surface area contributed by atoms with Gasteiger partial charge in [-0.2, -0.15) is 11.8 Å². The lowest BCUT2D eigenvalue weighted by Gasteiger charge is -2.32. The Morgan fingerprint density at radius 3 is 2.88 bits per heavy atom. The van der Waals surface area contributed by atoms with Gasteiger partial charge in [0.2, 0.25) is 10.0 Å². The van der Waals surface area contributed by atoms with E-state index in [1.807, 2.05) is 13.2 Å². The molecule has 24 heavy (non-hydrogen) atoms. The van der Waals surface area contributed by atoms with Crippen LogP contribution in [0.25, 0.3) is 0 Å². The zero-order chi connectivity index (χ0) is 17.7. The molecular formula is C16H25N3O3S2. The lowest BCUT2D eigenvalue weighted by molar-refractivity contribution is 0.0709. The summed E-state index contributed by atoms with van der Waals surface area (Å²) in [5.41, 5.74) is 0.420. The summed E-state index contributed by atoms with van der Waals surface area (Å²) >= 11 is 1.60. The molecule has 1 amide bonds. The zero-order valence-electron chi connectivity index (χ0n) is 14.4. The second kappa shape index (κ2) is 8.33. The Kier molecular flexibility index (Phi) is 6.68. The Labute approximate surface area is 148 Å². The quantitative estimate of drug-likeness (QED) is 0.811. The summed E-state index contributed by atoms with van der Waals surface area (Å²) in [6.45, 7) is 4.48. The van der Waals surface area contributed by atoms with Crippen LogP contribution >= 0.6 is 11.8 Å². The fourth-order valence-electron chi connectivity index (χ4n) is 2.61. The molecule has 1 aliphatic heterocycles. The van der Waals surface area contributed by atoms with Crippen LogP contribution in [0.4, 0.5) is 0 Å². The molecule has 1 aliphatic rings. The number of sulfonamides is 1. The molecule has 1 heterocycles. The molecule has 134 valence electrons. The molecular weight excluding hydrogens is 346 g/mol. The first kappa shape index (κ1) is 19.2. The van der Waals surface area contributed by atoms with Gasteiger partial charge in [0.25, 0.3) is 5.91 Å². The smallest absolute Gasteiger partial charge is 0.253 e. The Bertz CT molecular complexity index is 679. The Morgan fingerprint density at radius 2 is 2.21 bits per heavy atom. The van der Waals surface area contributed by atoms with Gasteiger partial charge < -0.3 is 10.2 Å². The summed E-state index contributed by atoms with van der Waals surface area (Å²) in [6, 6.07) is 6.58. The molecule has 0 spiro atoms. The summed E-state index contributed by atoms with van der Waals surface area (Å²) in [6.07, 6.45) is 1.94. The van der Waals surface area contributed by atoms with Crippen LogP contribution in [0.1, 0.15) is 17.3 Å². The van der Waals surface area contributed by atoms with Gasteiger partial charge in [-0.3, -0.25) is 4.79 Å². The van der Waals surface area contributed by atoms with Gasteiger partial charge in [-0.05, 0) is 31.4 Å². The number of thioether (sulfide) groups is 1. The second-order valence-corrected chi connectivity index (χ2v) is 8.98. The van der Waals surface area contributed by atoms with Crippen LogP contribution < -0.4 is 5.32 Å². The largest absolute Gasteiger partial charge is 0.336 e. The number of nitrogens with zero attached hydrogens (tertiary/aromatic N) is 2. The maximum absolute atomic E-state index is 12.7. The molecule has 1 atom stereocenters. The van der Waals surface area contributed by atoms with Gasteiger partial charge >= 0.3 is 0 Å². The average Bonchev–Trinajstić information content (AvgIpc) is 2.59. The summed E-state index contributed by atoms with van der Waals surface area (Å²) in [5, 5.41) is 3.29. The number of rotatable bonds is 6. The Balaban J connectivity index is 2.20. The number of hydrogen-bond acceptors (Lipinski definition) is 5. The van der Waals surface area contributed by atoms with Crippen LogP contribution in [0.15, 0.2) is 29.2 Å². The minimum absolute atomic E-state index is 0.118. The van der Waals surface area contributed by atoms with Crippen molar-refractivity contribution in [1.82, 2.24) is 14.5 Å². The van der Waals surface area contributed by atoms with E-state index in [0.29, 0.717) is 25.2 Å². The van der Waals surface area contributed by atoms with Crippen molar-refractivity contribution in [2.24, 2.45) is 0 Å². The third kappa shape index (κ3) is 4.50. The molecule has 1 aromatic rings. The highest BCUT2D eigenvalue weighted by Crippen LogP contribution is 2.18. The van der Waals surface area contributed by atoms with Crippen molar-refractivity contribution in [2.45, 2.75) is 17.9 Å². The fraction of sp³-hybridized carbons (Fsp3) is 0.562. The number of carbonyl (C=O) groups is 1. The predicted octanol–water partition coefficient (Wildman–Crippen LogP) is 1.10. The third-order valence-corrected chi connectivity index (χ3v) is 6.50. The number of amides is 1. The first-order valence-electron chi connectivity index (χ1n) is 7.94. The van der Waals surface area contributed by atoms with E-state index < -0.39 is 10.0 Å². The molecule has 0 saturated carbocycles. The first-order valence-corrected chi connectivity index (χ1v) is 10.8. The van der Waals surface area contributed by atoms with Crippen molar-refractivity contribution < 1.29 is 13.2 Å². The van der Waals surface area contributed by atoms with Crippen molar-refractivity contribution in [1.29, 1.82) is 0 Å². The number of benzene rings is 1. The average molecular weight is 372 g/mol. The standard InChI is InChI=1S/C16H25N3O3S2/c1-13-12-19(8-7-17-13)16(20)14-5-4-6-15(11-14)24(21,22)18(2)9-10-23-3/h4-6,11,13,17H,7-10,12H2,1-3H3/t13-/m1/s1. The summed E-state index contributed by atoms with van der Waals surface area (Å²) in [4.78, 5) is 14.6. The molecule has 0 aromatic heterocycles. The van der Waals surface area contributed by atoms with E-state index in [0.717, 1.165) is 12.3 Å². The van der Waals surface area contributed by atoms with Gasteiger partial charge in [0, 0.05) is 50.6 Å². The number of hydrogen-bond donors (Lipinski definition) is 1. The topological polar surface area (TPSA) is 69.7 Å². The van der Waals surface area contributed by atoms with Gasteiger partial charge in [0.1, 0.15) is 0 Å². The van der Waals surface area contributed by atoms with E-state index in [1.165, 1.54) is 10.4 Å². The SMILES string of the molecule is CSCCN(C)S(=O)(=O)c1cccc(C(=O)N2CCN[C@H](C)C2)c1. The van der Waals surface area contributed by atoms with E-state index in [4.69, 9.17) is 0 Å². The number of piperazine rings is 1. The molecule has 1 aromatic carbocycles.